The first-order chi connectivity index (χ1) is 8.15. The number of hydrogen-bond acceptors (Lipinski definition) is 3. The minimum atomic E-state index is -0.233. The van der Waals surface area contributed by atoms with Gasteiger partial charge in [0.2, 0.25) is 0 Å². The van der Waals surface area contributed by atoms with Crippen molar-refractivity contribution in [3.63, 3.8) is 0 Å². The Kier molecular flexibility index (Phi) is 3.97. The number of hydrogen-bond donors (Lipinski definition) is 0. The third kappa shape index (κ3) is 3.41. The summed E-state index contributed by atoms with van der Waals surface area (Å²) < 4.78 is 24.2. The SMILES string of the molecule is Cc1cc(F)ccc1OCC1CN(C)CCO1. The highest BCUT2D eigenvalue weighted by Gasteiger charge is 2.18. The van der Waals surface area contributed by atoms with Gasteiger partial charge >= 0.3 is 0 Å². The van der Waals surface area contributed by atoms with E-state index in [-0.39, 0.29) is 11.9 Å². The van der Waals surface area contributed by atoms with Gasteiger partial charge in [0.05, 0.1) is 6.61 Å². The third-order valence-electron chi connectivity index (χ3n) is 2.90. The number of nitrogens with zero attached hydrogens (tertiary/aromatic N) is 1. The molecule has 4 heteroatoms. The molecule has 2 rings (SSSR count). The average molecular weight is 239 g/mol. The average Bonchev–Trinajstić information content (AvgIpc) is 2.28. The molecule has 0 bridgehead atoms. The van der Waals surface area contributed by atoms with E-state index in [9.17, 15) is 4.39 Å². The lowest BCUT2D eigenvalue weighted by molar-refractivity contribution is -0.0404. The number of aryl methyl sites for hydroxylation is 1. The number of morpholine rings is 1. The summed E-state index contributed by atoms with van der Waals surface area (Å²) in [6.07, 6.45) is 0.0956. The smallest absolute Gasteiger partial charge is 0.123 e. The van der Waals surface area contributed by atoms with Gasteiger partial charge in [-0.2, -0.15) is 0 Å². The van der Waals surface area contributed by atoms with Crippen LogP contribution < -0.4 is 4.74 Å². The summed E-state index contributed by atoms with van der Waals surface area (Å²) in [4.78, 5) is 2.22. The summed E-state index contributed by atoms with van der Waals surface area (Å²) in [6, 6.07) is 4.55. The van der Waals surface area contributed by atoms with Crippen molar-refractivity contribution in [3.05, 3.63) is 29.6 Å². The second-order valence-corrected chi connectivity index (χ2v) is 4.48. The molecule has 1 atom stereocenters. The van der Waals surface area contributed by atoms with Crippen LogP contribution in [0.2, 0.25) is 0 Å². The molecule has 1 heterocycles. The van der Waals surface area contributed by atoms with Gasteiger partial charge in [-0.3, -0.25) is 0 Å². The van der Waals surface area contributed by atoms with Crippen LogP contribution in [0.15, 0.2) is 18.2 Å². The highest BCUT2D eigenvalue weighted by atomic mass is 19.1. The Morgan fingerprint density at radius 1 is 1.53 bits per heavy atom. The van der Waals surface area contributed by atoms with E-state index in [0.717, 1.165) is 31.0 Å². The lowest BCUT2D eigenvalue weighted by atomic mass is 10.2. The summed E-state index contributed by atoms with van der Waals surface area (Å²) in [7, 11) is 2.07. The highest BCUT2D eigenvalue weighted by Crippen LogP contribution is 2.19. The molecule has 0 aromatic heterocycles. The van der Waals surface area contributed by atoms with Gasteiger partial charge in [0.15, 0.2) is 0 Å². The molecule has 0 radical (unpaired) electrons. The fourth-order valence-electron chi connectivity index (χ4n) is 1.93. The summed E-state index contributed by atoms with van der Waals surface area (Å²) in [5, 5.41) is 0. The molecule has 0 aliphatic carbocycles. The lowest BCUT2D eigenvalue weighted by Gasteiger charge is -2.29. The molecule has 0 N–H and O–H groups in total. The van der Waals surface area contributed by atoms with Gasteiger partial charge in [-0.1, -0.05) is 0 Å². The van der Waals surface area contributed by atoms with Crippen LogP contribution in [0.25, 0.3) is 0 Å². The van der Waals surface area contributed by atoms with Crippen LogP contribution >= 0.6 is 0 Å². The van der Waals surface area contributed by atoms with E-state index in [0.29, 0.717) is 6.61 Å². The monoisotopic (exact) mass is 239 g/mol. The zero-order valence-corrected chi connectivity index (χ0v) is 10.3. The van der Waals surface area contributed by atoms with Gasteiger partial charge in [0.25, 0.3) is 0 Å². The maximum atomic E-state index is 12.9. The van der Waals surface area contributed by atoms with Crippen LogP contribution in [0.1, 0.15) is 5.56 Å². The van der Waals surface area contributed by atoms with Gasteiger partial charge in [-0.15, -0.1) is 0 Å². The fraction of sp³-hybridized carbons (Fsp3) is 0.538. The van der Waals surface area contributed by atoms with Gasteiger partial charge in [-0.25, -0.2) is 4.39 Å². The van der Waals surface area contributed by atoms with E-state index in [1.54, 1.807) is 6.07 Å². The van der Waals surface area contributed by atoms with Gasteiger partial charge in [-0.05, 0) is 37.7 Å². The van der Waals surface area contributed by atoms with Crippen molar-refractivity contribution < 1.29 is 13.9 Å². The van der Waals surface area contributed by atoms with Crippen LogP contribution in [-0.2, 0) is 4.74 Å². The number of likely N-dealkylation sites (N-methyl/N-ethyl adjacent to an activating group) is 1. The van der Waals surface area contributed by atoms with Crippen LogP contribution in [0.3, 0.4) is 0 Å². The first kappa shape index (κ1) is 12.3. The molecule has 1 aromatic rings. The van der Waals surface area contributed by atoms with Crippen LogP contribution in [0, 0.1) is 12.7 Å². The number of rotatable bonds is 3. The highest BCUT2D eigenvalue weighted by molar-refractivity contribution is 5.32. The Morgan fingerprint density at radius 3 is 3.06 bits per heavy atom. The Morgan fingerprint density at radius 2 is 2.35 bits per heavy atom. The van der Waals surface area contributed by atoms with E-state index in [1.165, 1.54) is 12.1 Å². The molecule has 94 valence electrons. The molecule has 0 saturated carbocycles. The maximum Gasteiger partial charge on any atom is 0.123 e. The van der Waals surface area contributed by atoms with Crippen LogP contribution in [-0.4, -0.2) is 44.4 Å². The fourth-order valence-corrected chi connectivity index (χ4v) is 1.93. The standard InChI is InChI=1S/C13H18FNO2/c1-10-7-11(14)3-4-13(10)17-9-12-8-15(2)5-6-16-12/h3-4,7,12H,5-6,8-9H2,1-2H3. The summed E-state index contributed by atoms with van der Waals surface area (Å²) in [5.74, 6) is 0.492. The van der Waals surface area contributed by atoms with Gasteiger partial charge in [0.1, 0.15) is 24.3 Å². The minimum absolute atomic E-state index is 0.0956. The summed E-state index contributed by atoms with van der Waals surface area (Å²) in [5.41, 5.74) is 0.814. The number of ether oxygens (including phenoxy) is 2. The van der Waals surface area contributed by atoms with Crippen molar-refractivity contribution in [2.45, 2.75) is 13.0 Å². The topological polar surface area (TPSA) is 21.7 Å². The Labute approximate surface area is 101 Å². The molecule has 0 spiro atoms. The van der Waals surface area contributed by atoms with E-state index >= 15 is 0 Å². The minimum Gasteiger partial charge on any atom is -0.491 e. The molecule has 3 nitrogen and oxygen atoms in total. The predicted molar refractivity (Wildman–Crippen MR) is 63.9 cm³/mol. The quantitative estimate of drug-likeness (QED) is 0.803. The van der Waals surface area contributed by atoms with Crippen molar-refractivity contribution >= 4 is 0 Å². The summed E-state index contributed by atoms with van der Waals surface area (Å²) in [6.45, 7) is 4.93. The van der Waals surface area contributed by atoms with Crippen molar-refractivity contribution in [2.75, 3.05) is 33.4 Å². The zero-order valence-electron chi connectivity index (χ0n) is 10.3. The molecule has 17 heavy (non-hydrogen) atoms. The molecular formula is C13H18FNO2. The molecule has 1 aliphatic rings. The first-order valence-electron chi connectivity index (χ1n) is 5.84. The Hall–Kier alpha value is -1.13. The predicted octanol–water partition coefficient (Wildman–Crippen LogP) is 1.84. The normalized spacial score (nSPS) is 21.5. The first-order valence-corrected chi connectivity index (χ1v) is 5.84. The van der Waals surface area contributed by atoms with E-state index in [1.807, 2.05) is 6.92 Å². The van der Waals surface area contributed by atoms with Crippen LogP contribution in [0.4, 0.5) is 4.39 Å². The van der Waals surface area contributed by atoms with E-state index in [4.69, 9.17) is 9.47 Å². The van der Waals surface area contributed by atoms with Crippen molar-refractivity contribution in [2.24, 2.45) is 0 Å². The van der Waals surface area contributed by atoms with E-state index in [2.05, 4.69) is 11.9 Å². The second-order valence-electron chi connectivity index (χ2n) is 4.48. The lowest BCUT2D eigenvalue weighted by Crippen LogP contribution is -2.42. The molecule has 1 unspecified atom stereocenters. The molecule has 1 fully saturated rings. The molecule has 1 saturated heterocycles. The molecular weight excluding hydrogens is 221 g/mol. The molecule has 0 amide bonds. The van der Waals surface area contributed by atoms with Crippen molar-refractivity contribution in [1.29, 1.82) is 0 Å². The third-order valence-corrected chi connectivity index (χ3v) is 2.90. The summed E-state index contributed by atoms with van der Waals surface area (Å²) >= 11 is 0. The number of benzene rings is 1. The van der Waals surface area contributed by atoms with Gasteiger partial charge in [0, 0.05) is 13.1 Å². The zero-order chi connectivity index (χ0) is 12.3. The molecule has 1 aromatic carbocycles. The molecule has 1 aliphatic heterocycles. The number of halogens is 1. The maximum absolute atomic E-state index is 12.9. The largest absolute Gasteiger partial charge is 0.491 e. The van der Waals surface area contributed by atoms with Crippen LogP contribution in [0.5, 0.6) is 5.75 Å². The van der Waals surface area contributed by atoms with Crippen molar-refractivity contribution in [3.8, 4) is 5.75 Å². The van der Waals surface area contributed by atoms with E-state index < -0.39 is 0 Å². The second kappa shape index (κ2) is 5.47. The van der Waals surface area contributed by atoms with Gasteiger partial charge < -0.3 is 14.4 Å². The van der Waals surface area contributed by atoms with Crippen molar-refractivity contribution in [1.82, 2.24) is 4.90 Å². The Bertz CT molecular complexity index is 384. The Balaban J connectivity index is 1.88.